The number of carbonyl (C=O) groups is 1. The van der Waals surface area contributed by atoms with Crippen molar-refractivity contribution in [2.24, 2.45) is 5.92 Å². The highest BCUT2D eigenvalue weighted by Crippen LogP contribution is 2.35. The molecule has 2 rings (SSSR count). The third-order valence-corrected chi connectivity index (χ3v) is 3.54. The number of amides is 1. The molecule has 0 radical (unpaired) electrons. The van der Waals surface area contributed by atoms with Crippen molar-refractivity contribution in [3.63, 3.8) is 0 Å². The second-order valence-corrected chi connectivity index (χ2v) is 4.76. The lowest BCUT2D eigenvalue weighted by molar-refractivity contribution is 0.0727. The van der Waals surface area contributed by atoms with Crippen molar-refractivity contribution in [1.82, 2.24) is 9.88 Å². The van der Waals surface area contributed by atoms with Gasteiger partial charge in [-0.2, -0.15) is 0 Å². The first-order valence-corrected chi connectivity index (χ1v) is 5.85. The molecule has 3 nitrogen and oxygen atoms in total. The van der Waals surface area contributed by atoms with E-state index in [0.717, 1.165) is 0 Å². The molecule has 1 aliphatic carbocycles. The average molecular weight is 239 g/mol. The molecule has 1 aromatic rings. The number of pyridine rings is 1. The fraction of sp³-hybridized carbons (Fsp3) is 0.500. The molecule has 1 saturated carbocycles. The largest absolute Gasteiger partial charge is 0.339 e. The zero-order chi connectivity index (χ0) is 11.7. The Kier molecular flexibility index (Phi) is 3.15. The molecule has 0 saturated heterocycles. The standard InChI is InChI=1S/C12H15ClN2O/c1-8(9-3-4-9)15(2)12(16)10-5-6-14-7-11(10)13/h5-9H,3-4H2,1-2H3. The number of halogens is 1. The summed E-state index contributed by atoms with van der Waals surface area (Å²) in [4.78, 5) is 17.8. The molecule has 4 heteroatoms. The van der Waals surface area contributed by atoms with Gasteiger partial charge in [-0.25, -0.2) is 0 Å². The summed E-state index contributed by atoms with van der Waals surface area (Å²) in [5.41, 5.74) is 0.534. The number of nitrogens with zero attached hydrogens (tertiary/aromatic N) is 2. The number of hydrogen-bond acceptors (Lipinski definition) is 2. The number of rotatable bonds is 3. The molecule has 1 unspecified atom stereocenters. The Balaban J connectivity index is 2.15. The van der Waals surface area contributed by atoms with E-state index in [2.05, 4.69) is 11.9 Å². The topological polar surface area (TPSA) is 33.2 Å². The molecule has 1 amide bonds. The summed E-state index contributed by atoms with van der Waals surface area (Å²) in [5.74, 6) is 0.640. The summed E-state index contributed by atoms with van der Waals surface area (Å²) in [6.45, 7) is 2.09. The number of carbonyl (C=O) groups excluding carboxylic acids is 1. The van der Waals surface area contributed by atoms with Crippen LogP contribution in [-0.4, -0.2) is 28.9 Å². The van der Waals surface area contributed by atoms with Crippen LogP contribution in [0.5, 0.6) is 0 Å². The Morgan fingerprint density at radius 3 is 2.88 bits per heavy atom. The Morgan fingerprint density at radius 1 is 1.62 bits per heavy atom. The van der Waals surface area contributed by atoms with Crippen LogP contribution in [0, 0.1) is 5.92 Å². The molecule has 0 N–H and O–H groups in total. The van der Waals surface area contributed by atoms with Crippen LogP contribution in [0.3, 0.4) is 0 Å². The van der Waals surface area contributed by atoms with E-state index in [4.69, 9.17) is 11.6 Å². The summed E-state index contributed by atoms with van der Waals surface area (Å²) in [6, 6.07) is 1.96. The van der Waals surface area contributed by atoms with E-state index in [1.54, 1.807) is 17.2 Å². The molecule has 0 aromatic carbocycles. The Hall–Kier alpha value is -1.09. The maximum Gasteiger partial charge on any atom is 0.255 e. The Labute approximate surface area is 100 Å². The van der Waals surface area contributed by atoms with Crippen LogP contribution >= 0.6 is 11.6 Å². The molecule has 1 aliphatic rings. The minimum absolute atomic E-state index is 0.0215. The lowest BCUT2D eigenvalue weighted by Crippen LogP contribution is -2.36. The van der Waals surface area contributed by atoms with Crippen molar-refractivity contribution in [3.8, 4) is 0 Å². The van der Waals surface area contributed by atoms with Crippen LogP contribution in [0.15, 0.2) is 18.5 Å². The number of aromatic nitrogens is 1. The average Bonchev–Trinajstić information content (AvgIpc) is 3.11. The first-order chi connectivity index (χ1) is 7.61. The zero-order valence-electron chi connectivity index (χ0n) is 9.48. The second kappa shape index (κ2) is 4.42. The van der Waals surface area contributed by atoms with Gasteiger partial charge in [0.2, 0.25) is 0 Å². The lowest BCUT2D eigenvalue weighted by Gasteiger charge is -2.25. The minimum atomic E-state index is -0.0215. The maximum atomic E-state index is 12.2. The van der Waals surface area contributed by atoms with Crippen molar-refractivity contribution >= 4 is 17.5 Å². The van der Waals surface area contributed by atoms with Crippen molar-refractivity contribution in [1.29, 1.82) is 0 Å². The Bertz CT molecular complexity index is 404. The quantitative estimate of drug-likeness (QED) is 0.811. The van der Waals surface area contributed by atoms with Gasteiger partial charge in [0.25, 0.3) is 5.91 Å². The highest BCUT2D eigenvalue weighted by Gasteiger charge is 2.33. The van der Waals surface area contributed by atoms with E-state index in [-0.39, 0.29) is 11.9 Å². The Morgan fingerprint density at radius 2 is 2.31 bits per heavy atom. The SMILES string of the molecule is CC(C1CC1)N(C)C(=O)c1ccncc1Cl. The van der Waals surface area contributed by atoms with E-state index in [1.807, 2.05) is 7.05 Å². The first kappa shape index (κ1) is 11.4. The molecule has 16 heavy (non-hydrogen) atoms. The predicted molar refractivity (Wildman–Crippen MR) is 63.5 cm³/mol. The zero-order valence-corrected chi connectivity index (χ0v) is 10.2. The highest BCUT2D eigenvalue weighted by molar-refractivity contribution is 6.33. The van der Waals surface area contributed by atoms with Crippen LogP contribution in [0.4, 0.5) is 0 Å². The van der Waals surface area contributed by atoms with Crippen LogP contribution < -0.4 is 0 Å². The fourth-order valence-corrected chi connectivity index (χ4v) is 2.02. The molecule has 0 bridgehead atoms. The van der Waals surface area contributed by atoms with Crippen molar-refractivity contribution in [2.45, 2.75) is 25.8 Å². The minimum Gasteiger partial charge on any atom is -0.339 e. The van der Waals surface area contributed by atoms with Crippen LogP contribution in [0.25, 0.3) is 0 Å². The normalized spacial score (nSPS) is 16.9. The summed E-state index contributed by atoms with van der Waals surface area (Å²) >= 11 is 5.95. The van der Waals surface area contributed by atoms with Crippen molar-refractivity contribution in [3.05, 3.63) is 29.0 Å². The van der Waals surface area contributed by atoms with Gasteiger partial charge < -0.3 is 4.90 Å². The molecule has 1 aromatic heterocycles. The van der Waals surface area contributed by atoms with Gasteiger partial charge in [-0.05, 0) is 31.7 Å². The summed E-state index contributed by atoms with van der Waals surface area (Å²) in [7, 11) is 1.84. The maximum absolute atomic E-state index is 12.2. The molecular formula is C12H15ClN2O. The van der Waals surface area contributed by atoms with Gasteiger partial charge in [0.05, 0.1) is 10.6 Å². The van der Waals surface area contributed by atoms with E-state index >= 15 is 0 Å². The van der Waals surface area contributed by atoms with Gasteiger partial charge in [0.15, 0.2) is 0 Å². The van der Waals surface area contributed by atoms with E-state index in [9.17, 15) is 4.79 Å². The van der Waals surface area contributed by atoms with Gasteiger partial charge in [0.1, 0.15) is 0 Å². The molecule has 0 aliphatic heterocycles. The third-order valence-electron chi connectivity index (χ3n) is 3.24. The molecular weight excluding hydrogens is 224 g/mol. The van der Waals surface area contributed by atoms with Gasteiger partial charge >= 0.3 is 0 Å². The third kappa shape index (κ3) is 2.19. The van der Waals surface area contributed by atoms with Crippen molar-refractivity contribution < 1.29 is 4.79 Å². The second-order valence-electron chi connectivity index (χ2n) is 4.35. The smallest absolute Gasteiger partial charge is 0.255 e. The molecule has 1 heterocycles. The van der Waals surface area contributed by atoms with E-state index in [1.165, 1.54) is 19.0 Å². The lowest BCUT2D eigenvalue weighted by atomic mass is 10.1. The van der Waals surface area contributed by atoms with Crippen LogP contribution in [0.1, 0.15) is 30.1 Å². The van der Waals surface area contributed by atoms with Crippen molar-refractivity contribution in [2.75, 3.05) is 7.05 Å². The summed E-state index contributed by atoms with van der Waals surface area (Å²) < 4.78 is 0. The van der Waals surface area contributed by atoms with Gasteiger partial charge in [-0.15, -0.1) is 0 Å². The van der Waals surface area contributed by atoms with E-state index < -0.39 is 0 Å². The van der Waals surface area contributed by atoms with Gasteiger partial charge in [-0.3, -0.25) is 9.78 Å². The van der Waals surface area contributed by atoms with Crippen LogP contribution in [0.2, 0.25) is 5.02 Å². The number of hydrogen-bond donors (Lipinski definition) is 0. The van der Waals surface area contributed by atoms with Crippen LogP contribution in [-0.2, 0) is 0 Å². The van der Waals surface area contributed by atoms with Gasteiger partial charge in [-0.1, -0.05) is 11.6 Å². The fourth-order valence-electron chi connectivity index (χ4n) is 1.82. The summed E-state index contributed by atoms with van der Waals surface area (Å²) in [5, 5.41) is 0.419. The monoisotopic (exact) mass is 238 g/mol. The predicted octanol–water partition coefficient (Wildman–Crippen LogP) is 2.61. The van der Waals surface area contributed by atoms with Gasteiger partial charge in [0, 0.05) is 25.5 Å². The summed E-state index contributed by atoms with van der Waals surface area (Å²) in [6.07, 6.45) is 5.55. The first-order valence-electron chi connectivity index (χ1n) is 5.48. The van der Waals surface area contributed by atoms with E-state index in [0.29, 0.717) is 16.5 Å². The molecule has 1 fully saturated rings. The molecule has 86 valence electrons. The molecule has 0 spiro atoms. The molecule has 1 atom stereocenters. The highest BCUT2D eigenvalue weighted by atomic mass is 35.5.